The van der Waals surface area contributed by atoms with E-state index in [1.807, 2.05) is 0 Å². The van der Waals surface area contributed by atoms with E-state index in [0.29, 0.717) is 6.07 Å². The molecule has 2 aromatic rings. The van der Waals surface area contributed by atoms with Crippen LogP contribution in [0.4, 0.5) is 14.5 Å². The first-order chi connectivity index (χ1) is 13.2. The molecule has 0 saturated carbocycles. The zero-order chi connectivity index (χ0) is 20.7. The van der Waals surface area contributed by atoms with Gasteiger partial charge in [0.1, 0.15) is 11.6 Å². The van der Waals surface area contributed by atoms with E-state index in [1.165, 1.54) is 24.3 Å². The molecule has 28 heavy (non-hydrogen) atoms. The molecule has 0 aliphatic carbocycles. The van der Waals surface area contributed by atoms with Gasteiger partial charge < -0.3 is 10.1 Å². The molecule has 0 aliphatic rings. The summed E-state index contributed by atoms with van der Waals surface area (Å²) in [5, 5.41) is 2.13. The number of rotatable bonds is 7. The van der Waals surface area contributed by atoms with Gasteiger partial charge in [0, 0.05) is 6.07 Å². The van der Waals surface area contributed by atoms with E-state index in [9.17, 15) is 26.8 Å². The zero-order valence-corrected chi connectivity index (χ0v) is 15.1. The number of amides is 1. The molecule has 0 aromatic heterocycles. The largest absolute Gasteiger partial charge is 0.452 e. The fourth-order valence-electron chi connectivity index (χ4n) is 1.98. The average molecular weight is 408 g/mol. The Balaban J connectivity index is 1.94. The molecule has 0 radical (unpaired) electrons. The molecule has 0 unspecified atom stereocenters. The lowest BCUT2D eigenvalue weighted by atomic mass is 10.2. The molecule has 0 saturated heterocycles. The number of ether oxygens (including phenoxy) is 1. The molecule has 0 fully saturated rings. The Bertz CT molecular complexity index is 1030. The monoisotopic (exact) mass is 408 g/mol. The van der Waals surface area contributed by atoms with Gasteiger partial charge in [-0.25, -0.2) is 22.0 Å². The molecule has 2 N–H and O–H groups in total. The highest BCUT2D eigenvalue weighted by Crippen LogP contribution is 2.15. The van der Waals surface area contributed by atoms with Crippen molar-refractivity contribution in [2.75, 3.05) is 18.5 Å². The minimum Gasteiger partial charge on any atom is -0.452 e. The maximum atomic E-state index is 13.5. The highest BCUT2D eigenvalue weighted by Gasteiger charge is 2.16. The first-order valence-electron chi connectivity index (χ1n) is 7.68. The summed E-state index contributed by atoms with van der Waals surface area (Å²) in [7, 11) is -3.80. The van der Waals surface area contributed by atoms with Crippen molar-refractivity contribution < 1.29 is 31.5 Å². The van der Waals surface area contributed by atoms with Gasteiger partial charge >= 0.3 is 5.97 Å². The Kier molecular flexibility index (Phi) is 6.81. The first-order valence-corrected chi connectivity index (χ1v) is 9.16. The number of carbonyl (C=O) groups excluding carboxylic acids is 2. The molecule has 0 bridgehead atoms. The van der Waals surface area contributed by atoms with Crippen LogP contribution in [0.25, 0.3) is 0 Å². The quantitative estimate of drug-likeness (QED) is 0.536. The Labute approximate surface area is 159 Å². The summed E-state index contributed by atoms with van der Waals surface area (Å²) >= 11 is 0. The summed E-state index contributed by atoms with van der Waals surface area (Å²) in [4.78, 5) is 23.5. The number of terminal acetylenes is 1. The van der Waals surface area contributed by atoms with Crippen LogP contribution in [0.3, 0.4) is 0 Å². The van der Waals surface area contributed by atoms with E-state index in [0.717, 1.165) is 12.1 Å². The van der Waals surface area contributed by atoms with Crippen LogP contribution in [0.1, 0.15) is 10.4 Å². The lowest BCUT2D eigenvalue weighted by Crippen LogP contribution is -2.24. The van der Waals surface area contributed by atoms with Gasteiger partial charge in [-0.15, -0.1) is 6.42 Å². The molecule has 0 aliphatic heterocycles. The van der Waals surface area contributed by atoms with E-state index in [4.69, 9.17) is 11.2 Å². The number of anilines is 1. The van der Waals surface area contributed by atoms with Crippen LogP contribution in [0.5, 0.6) is 0 Å². The smallest absolute Gasteiger partial charge is 0.338 e. The van der Waals surface area contributed by atoms with Crippen LogP contribution in [-0.2, 0) is 19.6 Å². The van der Waals surface area contributed by atoms with Gasteiger partial charge in [-0.2, -0.15) is 4.72 Å². The number of nitrogens with one attached hydrogen (secondary N) is 2. The Morgan fingerprint density at radius 2 is 1.79 bits per heavy atom. The van der Waals surface area contributed by atoms with E-state index in [-0.39, 0.29) is 22.7 Å². The molecule has 0 atom stereocenters. The topological polar surface area (TPSA) is 102 Å². The van der Waals surface area contributed by atoms with Crippen molar-refractivity contribution in [1.82, 2.24) is 4.72 Å². The molecule has 2 rings (SSSR count). The van der Waals surface area contributed by atoms with Gasteiger partial charge in [-0.3, -0.25) is 4.79 Å². The Morgan fingerprint density at radius 3 is 2.39 bits per heavy atom. The summed E-state index contributed by atoms with van der Waals surface area (Å²) in [6.07, 6.45) is 4.99. The predicted molar refractivity (Wildman–Crippen MR) is 95.7 cm³/mol. The van der Waals surface area contributed by atoms with Gasteiger partial charge in [-0.1, -0.05) is 5.92 Å². The SMILES string of the molecule is C#CCNS(=O)(=O)c1ccc(C(=O)OCC(=O)Nc2ccc(F)cc2F)cc1. The molecule has 0 heterocycles. The van der Waals surface area contributed by atoms with Gasteiger partial charge in [0.25, 0.3) is 5.91 Å². The van der Waals surface area contributed by atoms with E-state index in [1.54, 1.807) is 0 Å². The molecule has 0 spiro atoms. The Hall–Kier alpha value is -3.29. The van der Waals surface area contributed by atoms with Crippen LogP contribution < -0.4 is 10.0 Å². The summed E-state index contributed by atoms with van der Waals surface area (Å²) in [6.45, 7) is -0.907. The van der Waals surface area contributed by atoms with Crippen LogP contribution in [-0.4, -0.2) is 33.4 Å². The maximum Gasteiger partial charge on any atom is 0.338 e. The summed E-state index contributed by atoms with van der Waals surface area (Å²) in [6, 6.07) is 7.31. The lowest BCUT2D eigenvalue weighted by Gasteiger charge is -2.08. The van der Waals surface area contributed by atoms with Crippen LogP contribution >= 0.6 is 0 Å². The molecule has 10 heteroatoms. The number of halogens is 2. The second kappa shape index (κ2) is 9.07. The molecule has 1 amide bonds. The fraction of sp³-hybridized carbons (Fsp3) is 0.111. The maximum absolute atomic E-state index is 13.5. The summed E-state index contributed by atoms with van der Waals surface area (Å²) in [5.41, 5.74) is -0.270. The van der Waals surface area contributed by atoms with Crippen molar-refractivity contribution in [2.45, 2.75) is 4.90 Å². The Morgan fingerprint density at radius 1 is 1.11 bits per heavy atom. The molecule has 146 valence electrons. The minimum atomic E-state index is -3.80. The van der Waals surface area contributed by atoms with Crippen molar-refractivity contribution in [2.24, 2.45) is 0 Å². The van der Waals surface area contributed by atoms with Crippen molar-refractivity contribution in [3.63, 3.8) is 0 Å². The van der Waals surface area contributed by atoms with Crippen molar-refractivity contribution in [1.29, 1.82) is 0 Å². The van der Waals surface area contributed by atoms with E-state index < -0.39 is 40.1 Å². The zero-order valence-electron chi connectivity index (χ0n) is 14.2. The number of esters is 1. The third-order valence-corrected chi connectivity index (χ3v) is 4.72. The summed E-state index contributed by atoms with van der Waals surface area (Å²) in [5.74, 6) is -1.38. The molecule has 7 nitrogen and oxygen atoms in total. The fourth-order valence-corrected chi connectivity index (χ4v) is 2.92. The second-order valence-corrected chi connectivity index (χ2v) is 7.07. The number of sulfonamides is 1. The number of benzene rings is 2. The second-order valence-electron chi connectivity index (χ2n) is 5.30. The summed E-state index contributed by atoms with van der Waals surface area (Å²) < 4.78 is 57.0. The van der Waals surface area contributed by atoms with E-state index >= 15 is 0 Å². The van der Waals surface area contributed by atoms with Crippen LogP contribution in [0, 0.1) is 24.0 Å². The van der Waals surface area contributed by atoms with E-state index in [2.05, 4.69) is 16.0 Å². The minimum absolute atomic E-state index is 0.00309. The van der Waals surface area contributed by atoms with Crippen molar-refractivity contribution in [3.05, 3.63) is 59.7 Å². The third kappa shape index (κ3) is 5.60. The lowest BCUT2D eigenvalue weighted by molar-refractivity contribution is -0.119. The molecule has 2 aromatic carbocycles. The third-order valence-electron chi connectivity index (χ3n) is 3.30. The highest BCUT2D eigenvalue weighted by atomic mass is 32.2. The first kappa shape index (κ1) is 21.0. The number of hydrogen-bond donors (Lipinski definition) is 2. The highest BCUT2D eigenvalue weighted by molar-refractivity contribution is 7.89. The predicted octanol–water partition coefficient (Wildman–Crippen LogP) is 1.67. The van der Waals surface area contributed by atoms with Gasteiger partial charge in [0.05, 0.1) is 22.7 Å². The van der Waals surface area contributed by atoms with Gasteiger partial charge in [-0.05, 0) is 36.4 Å². The van der Waals surface area contributed by atoms with Gasteiger partial charge in [0.2, 0.25) is 10.0 Å². The number of hydrogen-bond acceptors (Lipinski definition) is 5. The van der Waals surface area contributed by atoms with Crippen LogP contribution in [0.15, 0.2) is 47.4 Å². The van der Waals surface area contributed by atoms with Gasteiger partial charge in [0.15, 0.2) is 6.61 Å². The number of carbonyl (C=O) groups is 2. The van der Waals surface area contributed by atoms with Crippen LogP contribution in [0.2, 0.25) is 0 Å². The standard InChI is InChI=1S/C18H14F2N2O5S/c1-2-9-21-28(25,26)14-6-3-12(4-7-14)18(24)27-11-17(23)22-16-8-5-13(19)10-15(16)20/h1,3-8,10,21H,9,11H2,(H,22,23). The average Bonchev–Trinajstić information content (AvgIpc) is 2.67. The normalized spacial score (nSPS) is 10.8. The molecular weight excluding hydrogens is 394 g/mol. The van der Waals surface area contributed by atoms with Crippen molar-refractivity contribution >= 4 is 27.6 Å². The molecular formula is C18H14F2N2O5S. The van der Waals surface area contributed by atoms with Crippen molar-refractivity contribution in [3.8, 4) is 12.3 Å².